The lowest BCUT2D eigenvalue weighted by atomic mass is 10.1. The van der Waals surface area contributed by atoms with E-state index in [1.807, 2.05) is 16.8 Å². The van der Waals surface area contributed by atoms with Crippen molar-refractivity contribution in [3.05, 3.63) is 59.7 Å². The van der Waals surface area contributed by atoms with Crippen LogP contribution < -0.4 is 15.1 Å². The second-order valence-electron chi connectivity index (χ2n) is 5.88. The van der Waals surface area contributed by atoms with Gasteiger partial charge in [-0.3, -0.25) is 4.79 Å². The third-order valence-electron chi connectivity index (χ3n) is 4.13. The number of anilines is 2. The zero-order valence-electron chi connectivity index (χ0n) is 13.4. The average Bonchev–Trinajstić information content (AvgIpc) is 2.57. The molecular weight excluding hydrogens is 312 g/mol. The molecule has 0 aromatic heterocycles. The Kier molecular flexibility index (Phi) is 4.64. The normalized spacial score (nSPS) is 13.6. The molecule has 1 aliphatic heterocycles. The first-order chi connectivity index (χ1) is 11.5. The van der Waals surface area contributed by atoms with Gasteiger partial charge in [0.2, 0.25) is 5.91 Å². The molecule has 4 nitrogen and oxygen atoms in total. The Morgan fingerprint density at radius 1 is 1.04 bits per heavy atom. The molecule has 1 aliphatic rings. The number of rotatable bonds is 4. The van der Waals surface area contributed by atoms with Crippen molar-refractivity contribution < 1.29 is 13.6 Å². The van der Waals surface area contributed by atoms with Gasteiger partial charge in [-0.2, -0.15) is 0 Å². The molecule has 6 heteroatoms. The van der Waals surface area contributed by atoms with Crippen molar-refractivity contribution >= 4 is 17.3 Å². The van der Waals surface area contributed by atoms with E-state index in [-0.39, 0.29) is 24.1 Å². The Bertz CT molecular complexity index is 734. The van der Waals surface area contributed by atoms with Crippen LogP contribution in [-0.4, -0.2) is 32.6 Å². The van der Waals surface area contributed by atoms with Gasteiger partial charge < -0.3 is 15.1 Å². The SMILES string of the molecule is CN1CCN(CC(=O)NCc2ccc(F)cc2)c2ccc(F)cc21. The van der Waals surface area contributed by atoms with Gasteiger partial charge in [0, 0.05) is 26.7 Å². The number of benzene rings is 2. The van der Waals surface area contributed by atoms with Gasteiger partial charge in [-0.05, 0) is 35.9 Å². The first kappa shape index (κ1) is 16.2. The summed E-state index contributed by atoms with van der Waals surface area (Å²) in [5.74, 6) is -0.714. The van der Waals surface area contributed by atoms with E-state index in [9.17, 15) is 13.6 Å². The van der Waals surface area contributed by atoms with Crippen LogP contribution in [0.3, 0.4) is 0 Å². The molecule has 0 bridgehead atoms. The van der Waals surface area contributed by atoms with Gasteiger partial charge >= 0.3 is 0 Å². The van der Waals surface area contributed by atoms with Crippen molar-refractivity contribution in [1.29, 1.82) is 0 Å². The minimum atomic E-state index is -0.300. The maximum absolute atomic E-state index is 13.4. The van der Waals surface area contributed by atoms with Crippen molar-refractivity contribution in [3.63, 3.8) is 0 Å². The van der Waals surface area contributed by atoms with Crippen molar-refractivity contribution in [2.24, 2.45) is 0 Å². The van der Waals surface area contributed by atoms with Crippen molar-refractivity contribution in [2.75, 3.05) is 36.5 Å². The molecule has 0 radical (unpaired) electrons. The minimum Gasteiger partial charge on any atom is -0.371 e. The molecule has 3 rings (SSSR count). The molecule has 0 spiro atoms. The van der Waals surface area contributed by atoms with Crippen LogP contribution in [0.1, 0.15) is 5.56 Å². The van der Waals surface area contributed by atoms with Crippen LogP contribution >= 0.6 is 0 Å². The second-order valence-corrected chi connectivity index (χ2v) is 5.88. The van der Waals surface area contributed by atoms with Crippen molar-refractivity contribution in [1.82, 2.24) is 5.32 Å². The van der Waals surface area contributed by atoms with E-state index < -0.39 is 0 Å². The molecule has 126 valence electrons. The van der Waals surface area contributed by atoms with E-state index in [0.717, 1.165) is 23.5 Å². The summed E-state index contributed by atoms with van der Waals surface area (Å²) in [6, 6.07) is 10.6. The molecule has 2 aromatic carbocycles. The van der Waals surface area contributed by atoms with Gasteiger partial charge in [-0.1, -0.05) is 12.1 Å². The Labute approximate surface area is 139 Å². The lowest BCUT2D eigenvalue weighted by Gasteiger charge is -2.36. The van der Waals surface area contributed by atoms with Gasteiger partial charge in [0.05, 0.1) is 17.9 Å². The number of amides is 1. The third-order valence-corrected chi connectivity index (χ3v) is 4.13. The Morgan fingerprint density at radius 2 is 1.75 bits per heavy atom. The monoisotopic (exact) mass is 331 g/mol. The fourth-order valence-electron chi connectivity index (χ4n) is 2.78. The molecule has 24 heavy (non-hydrogen) atoms. The summed E-state index contributed by atoms with van der Waals surface area (Å²) in [6.45, 7) is 1.97. The topological polar surface area (TPSA) is 35.6 Å². The van der Waals surface area contributed by atoms with Crippen LogP contribution in [-0.2, 0) is 11.3 Å². The van der Waals surface area contributed by atoms with Crippen molar-refractivity contribution in [2.45, 2.75) is 6.54 Å². The Hall–Kier alpha value is -2.63. The summed E-state index contributed by atoms with van der Waals surface area (Å²) in [6.07, 6.45) is 0. The highest BCUT2D eigenvalue weighted by atomic mass is 19.1. The quantitative estimate of drug-likeness (QED) is 0.935. The van der Waals surface area contributed by atoms with Crippen LogP contribution in [0.25, 0.3) is 0 Å². The summed E-state index contributed by atoms with van der Waals surface area (Å²) < 4.78 is 26.3. The smallest absolute Gasteiger partial charge is 0.239 e. The van der Waals surface area contributed by atoms with E-state index in [2.05, 4.69) is 5.32 Å². The number of carbonyl (C=O) groups is 1. The maximum Gasteiger partial charge on any atom is 0.239 e. The van der Waals surface area contributed by atoms with Crippen LogP contribution in [0.2, 0.25) is 0 Å². The Balaban J connectivity index is 1.63. The molecule has 0 saturated carbocycles. The molecule has 2 aromatic rings. The van der Waals surface area contributed by atoms with Crippen LogP contribution in [0, 0.1) is 11.6 Å². The number of halogens is 2. The van der Waals surface area contributed by atoms with Crippen LogP contribution in [0.5, 0.6) is 0 Å². The predicted octanol–water partition coefficient (Wildman–Crippen LogP) is 2.54. The van der Waals surface area contributed by atoms with Crippen LogP contribution in [0.4, 0.5) is 20.2 Å². The summed E-state index contributed by atoms with van der Waals surface area (Å²) in [7, 11) is 1.91. The Morgan fingerprint density at radius 3 is 2.50 bits per heavy atom. The molecular formula is C18H19F2N3O. The number of hydrogen-bond acceptors (Lipinski definition) is 3. The number of carbonyl (C=O) groups excluding carboxylic acids is 1. The van der Waals surface area contributed by atoms with E-state index in [4.69, 9.17) is 0 Å². The number of nitrogens with zero attached hydrogens (tertiary/aromatic N) is 2. The number of likely N-dealkylation sites (N-methyl/N-ethyl adjacent to an activating group) is 1. The van der Waals surface area contributed by atoms with Gasteiger partial charge in [0.25, 0.3) is 0 Å². The standard InChI is InChI=1S/C18H19F2N3O/c1-22-8-9-23(16-7-6-15(20)10-17(16)22)12-18(24)21-11-13-2-4-14(19)5-3-13/h2-7,10H,8-9,11-12H2,1H3,(H,21,24). The van der Waals surface area contributed by atoms with Gasteiger partial charge in [-0.25, -0.2) is 8.78 Å². The highest BCUT2D eigenvalue weighted by Crippen LogP contribution is 2.32. The highest BCUT2D eigenvalue weighted by molar-refractivity contribution is 5.84. The fourth-order valence-corrected chi connectivity index (χ4v) is 2.78. The van der Waals surface area contributed by atoms with Gasteiger partial charge in [0.1, 0.15) is 11.6 Å². The minimum absolute atomic E-state index is 0.126. The second kappa shape index (κ2) is 6.86. The molecule has 0 unspecified atom stereocenters. The van der Waals surface area contributed by atoms with E-state index >= 15 is 0 Å². The lowest BCUT2D eigenvalue weighted by molar-refractivity contribution is -0.119. The zero-order chi connectivity index (χ0) is 17.1. The number of nitrogens with one attached hydrogen (secondary N) is 1. The maximum atomic E-state index is 13.4. The van der Waals surface area contributed by atoms with Crippen molar-refractivity contribution in [3.8, 4) is 0 Å². The average molecular weight is 331 g/mol. The molecule has 1 amide bonds. The molecule has 0 saturated heterocycles. The first-order valence-corrected chi connectivity index (χ1v) is 7.80. The molecule has 1 heterocycles. The first-order valence-electron chi connectivity index (χ1n) is 7.80. The van der Waals surface area contributed by atoms with Gasteiger partial charge in [0.15, 0.2) is 0 Å². The predicted molar refractivity (Wildman–Crippen MR) is 90.1 cm³/mol. The summed E-state index contributed by atoms with van der Waals surface area (Å²) in [5, 5.41) is 2.83. The number of fused-ring (bicyclic) bond motifs is 1. The van der Waals surface area contributed by atoms with Gasteiger partial charge in [-0.15, -0.1) is 0 Å². The molecule has 0 fully saturated rings. The molecule has 1 N–H and O–H groups in total. The largest absolute Gasteiger partial charge is 0.371 e. The van der Waals surface area contributed by atoms with E-state index in [0.29, 0.717) is 13.1 Å². The fraction of sp³-hybridized carbons (Fsp3) is 0.278. The zero-order valence-corrected chi connectivity index (χ0v) is 13.4. The summed E-state index contributed by atoms with van der Waals surface area (Å²) in [5.41, 5.74) is 2.47. The van der Waals surface area contributed by atoms with Crippen LogP contribution in [0.15, 0.2) is 42.5 Å². The highest BCUT2D eigenvalue weighted by Gasteiger charge is 2.22. The lowest BCUT2D eigenvalue weighted by Crippen LogP contribution is -2.44. The summed E-state index contributed by atoms with van der Waals surface area (Å²) >= 11 is 0. The molecule has 0 aliphatic carbocycles. The van der Waals surface area contributed by atoms with E-state index in [1.165, 1.54) is 24.3 Å². The number of hydrogen-bond donors (Lipinski definition) is 1. The third kappa shape index (κ3) is 3.64. The molecule has 0 atom stereocenters. The van der Waals surface area contributed by atoms with E-state index in [1.54, 1.807) is 18.2 Å². The summed E-state index contributed by atoms with van der Waals surface area (Å²) in [4.78, 5) is 16.1.